The van der Waals surface area contributed by atoms with Gasteiger partial charge in [-0.2, -0.15) is 5.10 Å². The van der Waals surface area contributed by atoms with Crippen molar-refractivity contribution in [3.05, 3.63) is 69.8 Å². The molecule has 0 saturated carbocycles. The number of hydrazone groups is 1. The van der Waals surface area contributed by atoms with Gasteiger partial charge in [-0.05, 0) is 47.6 Å². The molecule has 0 heterocycles. The van der Waals surface area contributed by atoms with E-state index in [9.17, 15) is 10.1 Å². The van der Waals surface area contributed by atoms with Crippen LogP contribution in [0.5, 0.6) is 5.75 Å². The van der Waals surface area contributed by atoms with Gasteiger partial charge in [-0.25, -0.2) is 0 Å². The summed E-state index contributed by atoms with van der Waals surface area (Å²) in [6, 6.07) is 13.5. The van der Waals surface area contributed by atoms with Crippen LogP contribution in [0.25, 0.3) is 0 Å². The zero-order valence-electron chi connectivity index (χ0n) is 12.0. The van der Waals surface area contributed by atoms with Crippen LogP contribution in [0.3, 0.4) is 0 Å². The normalized spacial score (nSPS) is 10.4. The van der Waals surface area contributed by atoms with Crippen molar-refractivity contribution in [3.63, 3.8) is 0 Å². The Balaban J connectivity index is 1.96. The first-order valence-electron chi connectivity index (χ1n) is 6.59. The number of hydrogen-bond acceptors (Lipinski definition) is 5. The number of nitrogens with one attached hydrogen (secondary N) is 1. The number of non-ortho nitro benzene ring substituents is 1. The first-order chi connectivity index (χ1) is 11.0. The number of nitro groups is 1. The maximum Gasteiger partial charge on any atom is 0.269 e. The van der Waals surface area contributed by atoms with Gasteiger partial charge in [-0.3, -0.25) is 15.5 Å². The third-order valence-corrected chi connectivity index (χ3v) is 2.89. The van der Waals surface area contributed by atoms with Crippen LogP contribution in [-0.2, 0) is 6.61 Å². The number of hydrogen-bond donors (Lipinski definition) is 2. The van der Waals surface area contributed by atoms with Crippen LogP contribution >= 0.6 is 12.2 Å². The molecule has 2 aromatic rings. The fraction of sp³-hybridized carbons (Fsp3) is 0.0667. The molecule has 0 atom stereocenters. The van der Waals surface area contributed by atoms with Crippen molar-refractivity contribution in [3.8, 4) is 5.75 Å². The van der Waals surface area contributed by atoms with E-state index in [2.05, 4.69) is 22.7 Å². The average molecular weight is 330 g/mol. The molecular formula is C15H14N4O3S. The van der Waals surface area contributed by atoms with Gasteiger partial charge in [0.15, 0.2) is 5.11 Å². The van der Waals surface area contributed by atoms with Crippen LogP contribution in [0.4, 0.5) is 5.69 Å². The summed E-state index contributed by atoms with van der Waals surface area (Å²) in [5.41, 5.74) is 9.44. The topological polar surface area (TPSA) is 103 Å². The standard InChI is InChI=1S/C15H14N4O3S/c16-15(23)18-17-9-12-2-1-3-14(8-12)22-10-11-4-6-13(7-5-11)19(20)21/h1-9H,10H2,(H3,16,18,23). The molecule has 0 bridgehead atoms. The lowest BCUT2D eigenvalue weighted by atomic mass is 10.2. The Bertz CT molecular complexity index is 732. The molecule has 0 aromatic heterocycles. The Morgan fingerprint density at radius 3 is 2.74 bits per heavy atom. The minimum atomic E-state index is -0.436. The fourth-order valence-electron chi connectivity index (χ4n) is 1.74. The van der Waals surface area contributed by atoms with Crippen LogP contribution in [0.15, 0.2) is 53.6 Å². The van der Waals surface area contributed by atoms with Crippen LogP contribution in [-0.4, -0.2) is 16.3 Å². The van der Waals surface area contributed by atoms with Crippen molar-refractivity contribution in [2.75, 3.05) is 0 Å². The van der Waals surface area contributed by atoms with E-state index in [1.54, 1.807) is 24.4 Å². The third-order valence-electron chi connectivity index (χ3n) is 2.80. The van der Waals surface area contributed by atoms with Gasteiger partial charge in [0.25, 0.3) is 5.69 Å². The van der Waals surface area contributed by atoms with Crippen molar-refractivity contribution >= 4 is 29.2 Å². The molecule has 3 N–H and O–H groups in total. The first-order valence-corrected chi connectivity index (χ1v) is 7.00. The summed E-state index contributed by atoms with van der Waals surface area (Å²) in [6.07, 6.45) is 1.57. The van der Waals surface area contributed by atoms with Crippen molar-refractivity contribution in [2.45, 2.75) is 6.61 Å². The molecule has 2 rings (SSSR count). The number of nitrogens with two attached hydrogens (primary N) is 1. The average Bonchev–Trinajstić information content (AvgIpc) is 2.53. The Labute approximate surface area is 137 Å². The van der Waals surface area contributed by atoms with Gasteiger partial charge < -0.3 is 10.5 Å². The van der Waals surface area contributed by atoms with Crippen molar-refractivity contribution in [1.29, 1.82) is 0 Å². The monoisotopic (exact) mass is 330 g/mol. The summed E-state index contributed by atoms with van der Waals surface area (Å²) in [6.45, 7) is 0.309. The lowest BCUT2D eigenvalue weighted by Gasteiger charge is -2.07. The largest absolute Gasteiger partial charge is 0.489 e. The van der Waals surface area contributed by atoms with E-state index in [-0.39, 0.29) is 10.8 Å². The summed E-state index contributed by atoms with van der Waals surface area (Å²) >= 11 is 4.64. The highest BCUT2D eigenvalue weighted by Crippen LogP contribution is 2.16. The number of nitro benzene ring substituents is 1. The van der Waals surface area contributed by atoms with Crippen LogP contribution in [0, 0.1) is 10.1 Å². The molecule has 23 heavy (non-hydrogen) atoms. The molecular weight excluding hydrogens is 316 g/mol. The zero-order chi connectivity index (χ0) is 16.7. The number of nitrogens with zero attached hydrogens (tertiary/aromatic N) is 2. The minimum Gasteiger partial charge on any atom is -0.489 e. The number of benzene rings is 2. The third kappa shape index (κ3) is 5.36. The summed E-state index contributed by atoms with van der Waals surface area (Å²) in [7, 11) is 0. The predicted molar refractivity (Wildman–Crippen MR) is 91.4 cm³/mol. The Hall–Kier alpha value is -3.00. The zero-order valence-corrected chi connectivity index (χ0v) is 12.8. The molecule has 0 aliphatic carbocycles. The Kier molecular flexibility index (Phi) is 5.59. The Morgan fingerprint density at radius 2 is 2.09 bits per heavy atom. The highest BCUT2D eigenvalue weighted by atomic mass is 32.1. The summed E-state index contributed by atoms with van der Waals surface area (Å²) in [4.78, 5) is 10.2. The number of ether oxygens (including phenoxy) is 1. The molecule has 0 spiro atoms. The SMILES string of the molecule is NC(=S)NN=Cc1cccc(OCc2ccc([N+](=O)[O-])cc2)c1. The van der Waals surface area contributed by atoms with Gasteiger partial charge in [0.1, 0.15) is 12.4 Å². The van der Waals surface area contributed by atoms with Crippen LogP contribution < -0.4 is 15.9 Å². The van der Waals surface area contributed by atoms with Gasteiger partial charge >= 0.3 is 0 Å². The molecule has 0 saturated heterocycles. The van der Waals surface area contributed by atoms with E-state index in [1.807, 2.05) is 18.2 Å². The van der Waals surface area contributed by atoms with Crippen molar-refractivity contribution < 1.29 is 9.66 Å². The smallest absolute Gasteiger partial charge is 0.269 e. The summed E-state index contributed by atoms with van der Waals surface area (Å²) in [5.74, 6) is 0.655. The maximum atomic E-state index is 10.6. The van der Waals surface area contributed by atoms with E-state index in [0.717, 1.165) is 11.1 Å². The molecule has 2 aromatic carbocycles. The second-order valence-corrected chi connectivity index (χ2v) is 4.96. The lowest BCUT2D eigenvalue weighted by molar-refractivity contribution is -0.384. The van der Waals surface area contributed by atoms with Gasteiger partial charge in [-0.1, -0.05) is 12.1 Å². The quantitative estimate of drug-likeness (QED) is 0.365. The summed E-state index contributed by atoms with van der Waals surface area (Å²) in [5, 5.41) is 14.6. The van der Waals surface area contributed by atoms with E-state index >= 15 is 0 Å². The maximum absolute atomic E-state index is 10.6. The highest BCUT2D eigenvalue weighted by molar-refractivity contribution is 7.80. The van der Waals surface area contributed by atoms with E-state index in [0.29, 0.717) is 12.4 Å². The van der Waals surface area contributed by atoms with Gasteiger partial charge in [0.05, 0.1) is 11.1 Å². The highest BCUT2D eigenvalue weighted by Gasteiger charge is 2.04. The number of thiocarbonyl (C=S) groups is 1. The van der Waals surface area contributed by atoms with E-state index < -0.39 is 4.92 Å². The van der Waals surface area contributed by atoms with Gasteiger partial charge in [0, 0.05) is 12.1 Å². The van der Waals surface area contributed by atoms with Crippen LogP contribution in [0.1, 0.15) is 11.1 Å². The first kappa shape index (κ1) is 16.4. The molecule has 118 valence electrons. The molecule has 7 nitrogen and oxygen atoms in total. The minimum absolute atomic E-state index is 0.0530. The van der Waals surface area contributed by atoms with Gasteiger partial charge in [0.2, 0.25) is 0 Å². The number of rotatable bonds is 6. The second-order valence-electron chi connectivity index (χ2n) is 4.52. The molecule has 0 radical (unpaired) electrons. The van der Waals surface area contributed by atoms with Crippen molar-refractivity contribution in [1.82, 2.24) is 5.43 Å². The van der Waals surface area contributed by atoms with Gasteiger partial charge in [-0.15, -0.1) is 0 Å². The molecule has 0 amide bonds. The molecule has 8 heteroatoms. The van der Waals surface area contributed by atoms with Crippen molar-refractivity contribution in [2.24, 2.45) is 10.8 Å². The predicted octanol–water partition coefficient (Wildman–Crippen LogP) is 2.34. The molecule has 0 unspecified atom stereocenters. The summed E-state index contributed by atoms with van der Waals surface area (Å²) < 4.78 is 5.66. The molecule has 0 aliphatic heterocycles. The van der Waals surface area contributed by atoms with E-state index in [4.69, 9.17) is 10.5 Å². The lowest BCUT2D eigenvalue weighted by Crippen LogP contribution is -2.23. The van der Waals surface area contributed by atoms with E-state index in [1.165, 1.54) is 12.1 Å². The fourth-order valence-corrected chi connectivity index (χ4v) is 1.79. The van der Waals surface area contributed by atoms with Crippen LogP contribution in [0.2, 0.25) is 0 Å². The Morgan fingerprint density at radius 1 is 1.35 bits per heavy atom. The molecule has 0 fully saturated rings. The second kappa shape index (κ2) is 7.85. The molecule has 0 aliphatic rings.